The third-order valence-corrected chi connectivity index (χ3v) is 6.03. The molecule has 0 saturated heterocycles. The van der Waals surface area contributed by atoms with E-state index in [0.717, 1.165) is 54.8 Å². The topological polar surface area (TPSA) is 109 Å². The van der Waals surface area contributed by atoms with Gasteiger partial charge in [0.1, 0.15) is 5.82 Å². The lowest BCUT2D eigenvalue weighted by atomic mass is 9.90. The molecule has 4 aromatic rings. The Balaban J connectivity index is 1.26. The molecule has 1 aliphatic carbocycles. The van der Waals surface area contributed by atoms with Crippen LogP contribution in [0.5, 0.6) is 5.88 Å². The molecule has 0 bridgehead atoms. The fourth-order valence-corrected chi connectivity index (χ4v) is 4.50. The molecular weight excluding hydrogens is 430 g/mol. The van der Waals surface area contributed by atoms with Gasteiger partial charge in [-0.15, -0.1) is 0 Å². The summed E-state index contributed by atoms with van der Waals surface area (Å²) in [5.41, 5.74) is 4.47. The minimum atomic E-state index is -0.533. The van der Waals surface area contributed by atoms with Gasteiger partial charge in [-0.2, -0.15) is 0 Å². The van der Waals surface area contributed by atoms with Crippen molar-refractivity contribution in [2.45, 2.75) is 38.3 Å². The molecule has 5 rings (SSSR count). The number of para-hydroxylation sites is 2. The standard InChI is InChI=1S/C25H27N7O2/c33-25(34-23-16-26-13-14-27-23)29-12-5-15-32(17-22-30-19-8-1-2-9-20(19)31-22)21-10-3-6-18-7-4-11-28-24(18)21/h1-2,4,7-9,11,13-14,16,21H,3,5-6,10,12,15,17H2,(H,29,33)(H,30,31). The maximum absolute atomic E-state index is 12.1. The second-order valence-electron chi connectivity index (χ2n) is 8.34. The number of carbonyl (C=O) groups excluding carboxylic acids is 1. The first-order valence-corrected chi connectivity index (χ1v) is 11.6. The van der Waals surface area contributed by atoms with Crippen molar-refractivity contribution in [2.75, 3.05) is 13.1 Å². The Kier molecular flexibility index (Phi) is 6.71. The lowest BCUT2D eigenvalue weighted by molar-refractivity contribution is 0.158. The summed E-state index contributed by atoms with van der Waals surface area (Å²) in [4.78, 5) is 35.3. The molecule has 9 nitrogen and oxygen atoms in total. The highest BCUT2D eigenvalue weighted by Gasteiger charge is 2.27. The molecule has 9 heteroatoms. The van der Waals surface area contributed by atoms with Gasteiger partial charge in [-0.25, -0.2) is 14.8 Å². The predicted octanol–water partition coefficient (Wildman–Crippen LogP) is 3.81. The number of hydrogen-bond donors (Lipinski definition) is 2. The Bertz CT molecular complexity index is 1210. The number of pyridine rings is 1. The largest absolute Gasteiger partial charge is 0.413 e. The normalized spacial score (nSPS) is 15.3. The summed E-state index contributed by atoms with van der Waals surface area (Å²) in [5.74, 6) is 1.11. The fraction of sp³-hybridized carbons (Fsp3) is 0.320. The summed E-state index contributed by atoms with van der Waals surface area (Å²) >= 11 is 0. The van der Waals surface area contributed by atoms with Gasteiger partial charge in [-0.1, -0.05) is 18.2 Å². The van der Waals surface area contributed by atoms with E-state index in [0.29, 0.717) is 13.1 Å². The molecule has 3 heterocycles. The number of imidazole rings is 1. The highest BCUT2D eigenvalue weighted by Crippen LogP contribution is 2.33. The van der Waals surface area contributed by atoms with Gasteiger partial charge in [-0.3, -0.25) is 14.9 Å². The van der Waals surface area contributed by atoms with E-state index in [2.05, 4.69) is 31.2 Å². The van der Waals surface area contributed by atoms with E-state index in [1.165, 1.54) is 24.2 Å². The zero-order valence-corrected chi connectivity index (χ0v) is 18.9. The lowest BCUT2D eigenvalue weighted by Crippen LogP contribution is -2.35. The number of aromatic nitrogens is 5. The van der Waals surface area contributed by atoms with Crippen molar-refractivity contribution in [3.63, 3.8) is 0 Å². The first-order chi connectivity index (χ1) is 16.8. The van der Waals surface area contributed by atoms with Crippen LogP contribution in [-0.4, -0.2) is 49.0 Å². The summed E-state index contributed by atoms with van der Waals surface area (Å²) in [6, 6.07) is 12.5. The van der Waals surface area contributed by atoms with Gasteiger partial charge in [0, 0.05) is 31.7 Å². The first kappa shape index (κ1) is 22.0. The number of hydrogen-bond acceptors (Lipinski definition) is 7. The Morgan fingerprint density at radius 3 is 2.97 bits per heavy atom. The van der Waals surface area contributed by atoms with Crippen molar-refractivity contribution >= 4 is 17.1 Å². The van der Waals surface area contributed by atoms with Gasteiger partial charge in [-0.05, 0) is 49.4 Å². The number of rotatable bonds is 8. The van der Waals surface area contributed by atoms with E-state index >= 15 is 0 Å². The average molecular weight is 458 g/mol. The van der Waals surface area contributed by atoms with Gasteiger partial charge >= 0.3 is 6.09 Å². The van der Waals surface area contributed by atoms with E-state index in [1.54, 1.807) is 0 Å². The second kappa shape index (κ2) is 10.4. The van der Waals surface area contributed by atoms with Crippen molar-refractivity contribution in [1.82, 2.24) is 35.1 Å². The highest BCUT2D eigenvalue weighted by atomic mass is 16.6. The van der Waals surface area contributed by atoms with Crippen LogP contribution >= 0.6 is 0 Å². The smallest absolute Gasteiger partial charge is 0.390 e. The minimum absolute atomic E-state index is 0.177. The molecule has 1 atom stereocenters. The van der Waals surface area contributed by atoms with Crippen LogP contribution in [-0.2, 0) is 13.0 Å². The Morgan fingerprint density at radius 1 is 1.15 bits per heavy atom. The van der Waals surface area contributed by atoms with Crippen molar-refractivity contribution in [3.05, 3.63) is 78.3 Å². The quantitative estimate of drug-likeness (QED) is 0.387. The van der Waals surface area contributed by atoms with Crippen molar-refractivity contribution in [1.29, 1.82) is 0 Å². The van der Waals surface area contributed by atoms with Gasteiger partial charge in [0.2, 0.25) is 5.88 Å². The van der Waals surface area contributed by atoms with Crippen LogP contribution in [0.3, 0.4) is 0 Å². The number of ether oxygens (including phenoxy) is 1. The summed E-state index contributed by atoms with van der Waals surface area (Å²) in [7, 11) is 0. The fourth-order valence-electron chi connectivity index (χ4n) is 4.50. The van der Waals surface area contributed by atoms with E-state index in [4.69, 9.17) is 14.7 Å². The SMILES string of the molecule is O=C(NCCCN(Cc1nc2ccccc2[nH]1)C1CCCc2cccnc21)Oc1cnccn1. The molecule has 0 fully saturated rings. The molecule has 3 aromatic heterocycles. The number of fused-ring (bicyclic) bond motifs is 2. The number of aromatic amines is 1. The van der Waals surface area contributed by atoms with Crippen LogP contribution in [0.4, 0.5) is 4.79 Å². The number of nitrogens with zero attached hydrogens (tertiary/aromatic N) is 5. The monoisotopic (exact) mass is 457 g/mol. The summed E-state index contributed by atoms with van der Waals surface area (Å²) in [5, 5.41) is 2.80. The molecule has 174 valence electrons. The van der Waals surface area contributed by atoms with Crippen molar-refractivity contribution in [3.8, 4) is 5.88 Å². The molecule has 1 unspecified atom stereocenters. The van der Waals surface area contributed by atoms with E-state index in [1.807, 2.05) is 36.5 Å². The van der Waals surface area contributed by atoms with Crippen LogP contribution < -0.4 is 10.1 Å². The highest BCUT2D eigenvalue weighted by molar-refractivity contribution is 5.74. The number of H-pyrrole nitrogens is 1. The summed E-state index contributed by atoms with van der Waals surface area (Å²) in [6.07, 6.45) is 9.75. The summed E-state index contributed by atoms with van der Waals surface area (Å²) < 4.78 is 5.15. The maximum atomic E-state index is 12.1. The molecule has 1 aromatic carbocycles. The third-order valence-electron chi connectivity index (χ3n) is 6.03. The molecule has 2 N–H and O–H groups in total. The van der Waals surface area contributed by atoms with Crippen LogP contribution in [0.25, 0.3) is 11.0 Å². The molecule has 1 amide bonds. The van der Waals surface area contributed by atoms with Crippen molar-refractivity contribution in [2.24, 2.45) is 0 Å². The van der Waals surface area contributed by atoms with Gasteiger partial charge in [0.05, 0.1) is 35.5 Å². The zero-order valence-electron chi connectivity index (χ0n) is 18.9. The molecule has 0 aliphatic heterocycles. The summed E-state index contributed by atoms with van der Waals surface area (Å²) in [6.45, 7) is 1.94. The number of amides is 1. The molecule has 0 radical (unpaired) electrons. The number of benzene rings is 1. The van der Waals surface area contributed by atoms with Crippen molar-refractivity contribution < 1.29 is 9.53 Å². The van der Waals surface area contributed by atoms with Gasteiger partial charge < -0.3 is 15.0 Å². The number of aryl methyl sites for hydroxylation is 1. The molecule has 0 saturated carbocycles. The zero-order chi connectivity index (χ0) is 23.2. The molecular formula is C25H27N7O2. The van der Waals surface area contributed by atoms with Crippen LogP contribution in [0.1, 0.15) is 42.4 Å². The van der Waals surface area contributed by atoms with Gasteiger partial charge in [0.25, 0.3) is 0 Å². The number of carbonyl (C=O) groups is 1. The third kappa shape index (κ3) is 5.20. The minimum Gasteiger partial charge on any atom is -0.390 e. The Labute approximate surface area is 197 Å². The van der Waals surface area contributed by atoms with Crippen LogP contribution in [0, 0.1) is 0 Å². The van der Waals surface area contributed by atoms with E-state index in [9.17, 15) is 4.79 Å². The average Bonchev–Trinajstić information content (AvgIpc) is 3.29. The predicted molar refractivity (Wildman–Crippen MR) is 127 cm³/mol. The second-order valence-corrected chi connectivity index (χ2v) is 8.34. The first-order valence-electron chi connectivity index (χ1n) is 11.6. The van der Waals surface area contributed by atoms with Crippen LogP contribution in [0.15, 0.2) is 61.2 Å². The van der Waals surface area contributed by atoms with E-state index in [-0.39, 0.29) is 11.9 Å². The maximum Gasteiger partial charge on any atom is 0.413 e. The van der Waals surface area contributed by atoms with E-state index < -0.39 is 6.09 Å². The Morgan fingerprint density at radius 2 is 2.09 bits per heavy atom. The van der Waals surface area contributed by atoms with Crippen LogP contribution in [0.2, 0.25) is 0 Å². The molecule has 1 aliphatic rings. The lowest BCUT2D eigenvalue weighted by Gasteiger charge is -2.34. The molecule has 34 heavy (non-hydrogen) atoms. The number of nitrogens with one attached hydrogen (secondary N) is 2. The molecule has 0 spiro atoms. The van der Waals surface area contributed by atoms with Gasteiger partial charge in [0.15, 0.2) is 0 Å². The Hall–Kier alpha value is -3.85.